The Balaban J connectivity index is 0.00000645. The number of non-ortho nitro benzene ring substituents is 1. The summed E-state index contributed by atoms with van der Waals surface area (Å²) in [6.45, 7) is 1.72. The summed E-state index contributed by atoms with van der Waals surface area (Å²) >= 11 is 0.921. The second-order valence-corrected chi connectivity index (χ2v) is 11.2. The number of rotatable bonds is 12. The number of anilines is 1. The number of esters is 1. The van der Waals surface area contributed by atoms with E-state index in [1.54, 1.807) is 0 Å². The van der Waals surface area contributed by atoms with Gasteiger partial charge in [-0.05, 0) is 31.5 Å². The van der Waals surface area contributed by atoms with Crippen molar-refractivity contribution in [2.45, 2.75) is 38.1 Å². The monoisotopic (exact) mass is 652 g/mol. The van der Waals surface area contributed by atoms with Crippen molar-refractivity contribution < 1.29 is 46.6 Å². The summed E-state index contributed by atoms with van der Waals surface area (Å²) in [7, 11) is -5.04. The molecule has 4 amide bonds. The van der Waals surface area contributed by atoms with Crippen molar-refractivity contribution in [1.82, 2.24) is 19.9 Å². The number of amides is 4. The third-order valence-corrected chi connectivity index (χ3v) is 7.17. The molecule has 1 aromatic carbocycles. The van der Waals surface area contributed by atoms with E-state index in [9.17, 15) is 42.3 Å². The van der Waals surface area contributed by atoms with Crippen molar-refractivity contribution in [1.29, 1.82) is 0 Å². The van der Waals surface area contributed by atoms with Crippen LogP contribution in [-0.4, -0.2) is 110 Å². The Morgan fingerprint density at radius 2 is 1.91 bits per heavy atom. The van der Waals surface area contributed by atoms with E-state index in [4.69, 9.17) is 21.0 Å². The van der Waals surface area contributed by atoms with E-state index >= 15 is 0 Å². The van der Waals surface area contributed by atoms with Crippen LogP contribution < -0.4 is 22.1 Å². The van der Waals surface area contributed by atoms with Crippen LogP contribution in [0.15, 0.2) is 34.8 Å². The number of benzene rings is 1. The van der Waals surface area contributed by atoms with Crippen molar-refractivity contribution in [2.24, 2.45) is 10.9 Å². The van der Waals surface area contributed by atoms with Gasteiger partial charge < -0.3 is 31.7 Å². The fourth-order valence-corrected chi connectivity index (χ4v) is 4.84. The number of urea groups is 1. The predicted molar refractivity (Wildman–Crippen MR) is 150 cm³/mol. The number of aromatic nitrogens is 1. The summed E-state index contributed by atoms with van der Waals surface area (Å²) in [5.41, 5.74) is 8.43. The number of carbonyl (C=O) groups is 4. The zero-order chi connectivity index (χ0) is 31.4. The van der Waals surface area contributed by atoms with Gasteiger partial charge in [0, 0.05) is 24.1 Å². The van der Waals surface area contributed by atoms with Crippen LogP contribution in [0.3, 0.4) is 0 Å². The number of hydrogen-bond donors (Lipinski definition) is 5. The first-order valence-corrected chi connectivity index (χ1v) is 13.8. The van der Waals surface area contributed by atoms with Crippen molar-refractivity contribution in [3.05, 3.63) is 51.0 Å². The number of ether oxygens (including phenoxy) is 1. The van der Waals surface area contributed by atoms with Crippen LogP contribution in [0.1, 0.15) is 25.1 Å². The first kappa shape index (κ1) is 35.3. The zero-order valence-electron chi connectivity index (χ0n) is 21.7. The number of β-lactam (4-membered cyclic amide) rings is 1. The van der Waals surface area contributed by atoms with Gasteiger partial charge in [-0.2, -0.15) is 8.42 Å². The molecule has 1 aliphatic rings. The summed E-state index contributed by atoms with van der Waals surface area (Å²) in [5, 5.41) is 20.2. The molecule has 7 N–H and O–H groups in total. The molecule has 19 nitrogen and oxygen atoms in total. The van der Waals surface area contributed by atoms with Crippen molar-refractivity contribution in [3.63, 3.8) is 0 Å². The molecule has 2 unspecified atom stereocenters. The Hall–Kier alpha value is -3.89. The summed E-state index contributed by atoms with van der Waals surface area (Å²) in [6, 6.07) is 1.18. The van der Waals surface area contributed by atoms with Gasteiger partial charge in [0.05, 0.1) is 11.0 Å². The number of thiazole rings is 1. The van der Waals surface area contributed by atoms with E-state index in [1.807, 2.05) is 0 Å². The Morgan fingerprint density at radius 1 is 1.28 bits per heavy atom. The second-order valence-electron chi connectivity index (χ2n) is 8.99. The number of nitrogens with one attached hydrogen (secondary N) is 2. The van der Waals surface area contributed by atoms with Gasteiger partial charge in [0.2, 0.25) is 5.60 Å². The van der Waals surface area contributed by atoms with Crippen LogP contribution in [0.4, 0.5) is 15.6 Å². The SMILES string of the molecule is CC(C)(O/N=C(\C(=O)NC1C(=O)N(S(=O)(=O)O)C1CNC(N)=O)c1csc(N)n1)C(=O)OCc1ccc([N+](=O)[O-])cc1.[NaH]. The summed E-state index contributed by atoms with van der Waals surface area (Å²) < 4.78 is 37.8. The summed E-state index contributed by atoms with van der Waals surface area (Å²) in [5.74, 6) is -3.28. The molecule has 22 heteroatoms. The predicted octanol–water partition coefficient (Wildman–Crippen LogP) is -1.61. The molecule has 3 rings (SSSR count). The molecule has 0 spiro atoms. The van der Waals surface area contributed by atoms with Gasteiger partial charge in [-0.3, -0.25) is 24.3 Å². The van der Waals surface area contributed by atoms with Gasteiger partial charge >= 0.3 is 51.9 Å². The number of hydrogen-bond acceptors (Lipinski definition) is 14. The van der Waals surface area contributed by atoms with Gasteiger partial charge in [-0.15, -0.1) is 11.3 Å². The van der Waals surface area contributed by atoms with Gasteiger partial charge in [0.1, 0.15) is 18.3 Å². The average Bonchev–Trinajstić information content (AvgIpc) is 3.32. The maximum atomic E-state index is 13.2. The molecule has 0 aliphatic carbocycles. The molecule has 0 radical (unpaired) electrons. The molecule has 1 aromatic heterocycles. The van der Waals surface area contributed by atoms with E-state index in [2.05, 4.69) is 20.8 Å². The third kappa shape index (κ3) is 8.81. The minimum atomic E-state index is -5.04. The number of nitrogens with two attached hydrogens (primary N) is 2. The Bertz CT molecular complexity index is 1550. The quantitative estimate of drug-likeness (QED) is 0.0329. The number of oxime groups is 1. The van der Waals surface area contributed by atoms with E-state index in [0.29, 0.717) is 5.56 Å². The Morgan fingerprint density at radius 3 is 2.42 bits per heavy atom. The Labute approximate surface area is 269 Å². The molecule has 2 atom stereocenters. The fourth-order valence-electron chi connectivity index (χ4n) is 3.41. The van der Waals surface area contributed by atoms with Gasteiger partial charge in [-0.1, -0.05) is 5.16 Å². The van der Waals surface area contributed by atoms with Crippen LogP contribution in [0, 0.1) is 10.1 Å². The molecular formula is C21H25N8NaO11S2. The van der Waals surface area contributed by atoms with Crippen LogP contribution in [0.25, 0.3) is 0 Å². The standard InChI is InChI=1S/C21H24N8O11S2.Na.H/c1-21(2,18(32)39-8-10-3-5-11(6-4-10)29(34)35)40-27-14(12-9-41-20(23)25-12)16(30)26-15-13(7-24-19(22)33)28(17(15)31)42(36,37)38;;/h3-6,9,13,15H,7-8H2,1-2H3,(H2,23,25)(H,26,30)(H3,22,24,33)(H,36,37,38);;/b27-14-;;. The van der Waals surface area contributed by atoms with E-state index < -0.39 is 69.0 Å². The number of nitro groups is 1. The molecule has 1 aliphatic heterocycles. The van der Waals surface area contributed by atoms with E-state index in [-0.39, 0.29) is 57.0 Å². The van der Waals surface area contributed by atoms with E-state index in [1.165, 1.54) is 43.5 Å². The average molecular weight is 653 g/mol. The van der Waals surface area contributed by atoms with Crippen LogP contribution in [0.5, 0.6) is 0 Å². The first-order valence-electron chi connectivity index (χ1n) is 11.5. The van der Waals surface area contributed by atoms with Crippen molar-refractivity contribution in [2.75, 3.05) is 12.3 Å². The number of nitrogen functional groups attached to an aromatic ring is 1. The van der Waals surface area contributed by atoms with Gasteiger partial charge in [-0.25, -0.2) is 18.9 Å². The minimum absolute atomic E-state index is 0. The van der Waals surface area contributed by atoms with Crippen molar-refractivity contribution in [3.8, 4) is 0 Å². The zero-order valence-corrected chi connectivity index (χ0v) is 23.4. The molecule has 2 heterocycles. The van der Waals surface area contributed by atoms with Gasteiger partial charge in [0.15, 0.2) is 10.8 Å². The number of primary amides is 1. The maximum absolute atomic E-state index is 13.2. The van der Waals surface area contributed by atoms with Crippen LogP contribution in [0.2, 0.25) is 0 Å². The van der Waals surface area contributed by atoms with Crippen molar-refractivity contribution >= 4 is 91.5 Å². The normalized spacial score (nSPS) is 16.8. The first-order chi connectivity index (χ1) is 19.5. The summed E-state index contributed by atoms with van der Waals surface area (Å²) in [4.78, 5) is 68.8. The molecular weight excluding hydrogens is 627 g/mol. The molecule has 0 bridgehead atoms. The molecule has 2 aromatic rings. The van der Waals surface area contributed by atoms with Gasteiger partial charge in [0.25, 0.3) is 17.5 Å². The molecule has 43 heavy (non-hydrogen) atoms. The summed E-state index contributed by atoms with van der Waals surface area (Å²) in [6.07, 6.45) is 0. The second kappa shape index (κ2) is 14.1. The number of carbonyl (C=O) groups excluding carboxylic acids is 4. The molecule has 1 saturated heterocycles. The third-order valence-electron chi connectivity index (χ3n) is 5.54. The number of nitrogens with zero attached hydrogens (tertiary/aromatic N) is 4. The topological polar surface area (TPSA) is 289 Å². The Kier molecular flexibility index (Phi) is 11.5. The molecule has 1 fully saturated rings. The van der Waals surface area contributed by atoms with E-state index in [0.717, 1.165) is 11.3 Å². The molecule has 0 saturated carbocycles. The fraction of sp³-hybridized carbons (Fsp3) is 0.333. The van der Waals surface area contributed by atoms with Crippen LogP contribution in [-0.2, 0) is 40.9 Å². The number of nitro benzene ring substituents is 1. The molecule has 228 valence electrons. The van der Waals surface area contributed by atoms with Crippen LogP contribution >= 0.6 is 11.3 Å².